The molecule has 2 aromatic heterocycles. The quantitative estimate of drug-likeness (QED) is 0.294. The van der Waals surface area contributed by atoms with Crippen LogP contribution in [0.3, 0.4) is 0 Å². The molecular formula is C27H24Cl2N4S. The van der Waals surface area contributed by atoms with Crippen LogP contribution in [0.1, 0.15) is 40.3 Å². The van der Waals surface area contributed by atoms with Crippen molar-refractivity contribution in [2.75, 3.05) is 4.90 Å². The third-order valence-corrected chi connectivity index (χ3v) is 7.21. The topological polar surface area (TPSA) is 33.1 Å². The van der Waals surface area contributed by atoms with Crippen molar-refractivity contribution in [2.45, 2.75) is 32.9 Å². The Morgan fingerprint density at radius 1 is 0.912 bits per heavy atom. The normalized spacial score (nSPS) is 17.8. The summed E-state index contributed by atoms with van der Waals surface area (Å²) in [6, 6.07) is 21.8. The number of halogens is 2. The molecule has 0 amide bonds. The van der Waals surface area contributed by atoms with E-state index < -0.39 is 0 Å². The molecule has 0 unspecified atom stereocenters. The lowest BCUT2D eigenvalue weighted by molar-refractivity contribution is 0.565. The minimum absolute atomic E-state index is 0.0944. The summed E-state index contributed by atoms with van der Waals surface area (Å²) in [4.78, 5) is 6.83. The fraction of sp³-hybridized carbons (Fsp3) is 0.185. The molecule has 2 atom stereocenters. The monoisotopic (exact) mass is 506 g/mol. The SMILES string of the molecule is Cc1ccc(Cl)cc1-n1c(C)cc([C@@H]2[C@@H](c3ccccn3)NC(=S)N2c2ccc(Cl)cc2)c1C. The zero-order valence-electron chi connectivity index (χ0n) is 19.1. The Labute approximate surface area is 215 Å². The van der Waals surface area contributed by atoms with E-state index in [1.807, 2.05) is 60.8 Å². The lowest BCUT2D eigenvalue weighted by atomic mass is 9.96. The predicted octanol–water partition coefficient (Wildman–Crippen LogP) is 7.28. The van der Waals surface area contributed by atoms with E-state index in [2.05, 4.69) is 52.7 Å². The van der Waals surface area contributed by atoms with Gasteiger partial charge in [-0.3, -0.25) is 4.98 Å². The first-order valence-corrected chi connectivity index (χ1v) is 12.2. The van der Waals surface area contributed by atoms with E-state index in [-0.39, 0.29) is 12.1 Å². The van der Waals surface area contributed by atoms with Crippen LogP contribution in [0.2, 0.25) is 10.0 Å². The molecule has 2 aromatic carbocycles. The van der Waals surface area contributed by atoms with Crippen LogP contribution in [0.25, 0.3) is 5.69 Å². The van der Waals surface area contributed by atoms with Gasteiger partial charge in [-0.05, 0) is 98.7 Å². The number of rotatable bonds is 4. The molecule has 5 rings (SSSR count). The van der Waals surface area contributed by atoms with Gasteiger partial charge in [-0.1, -0.05) is 35.3 Å². The standard InChI is InChI=1S/C27H24Cl2N4S/c1-16-7-8-20(29)15-24(16)32-17(2)14-22(18(32)3)26-25(23-6-4-5-13-30-23)31-27(34)33(26)21-11-9-19(28)10-12-21/h4-15,25-26H,1-3H3,(H,31,34)/t25-,26-/m1/s1. The number of nitrogens with zero attached hydrogens (tertiary/aromatic N) is 3. The number of aryl methyl sites for hydroxylation is 2. The summed E-state index contributed by atoms with van der Waals surface area (Å²) < 4.78 is 2.27. The van der Waals surface area contributed by atoms with Gasteiger partial charge >= 0.3 is 0 Å². The van der Waals surface area contributed by atoms with Crippen molar-refractivity contribution in [2.24, 2.45) is 0 Å². The van der Waals surface area contributed by atoms with Crippen molar-refractivity contribution < 1.29 is 0 Å². The van der Waals surface area contributed by atoms with E-state index in [4.69, 9.17) is 35.4 Å². The summed E-state index contributed by atoms with van der Waals surface area (Å²) in [6.07, 6.45) is 1.82. The van der Waals surface area contributed by atoms with Crippen molar-refractivity contribution in [3.05, 3.63) is 111 Å². The summed E-state index contributed by atoms with van der Waals surface area (Å²) in [5, 5.41) is 5.59. The molecule has 7 heteroatoms. The Balaban J connectivity index is 1.70. The second-order valence-corrected chi connectivity index (χ2v) is 9.83. The molecule has 0 bridgehead atoms. The number of nitrogens with one attached hydrogen (secondary N) is 1. The van der Waals surface area contributed by atoms with E-state index in [1.54, 1.807) is 0 Å². The van der Waals surface area contributed by atoms with E-state index in [1.165, 1.54) is 5.56 Å². The highest BCUT2D eigenvalue weighted by Gasteiger charge is 2.42. The van der Waals surface area contributed by atoms with Crippen molar-refractivity contribution in [1.82, 2.24) is 14.9 Å². The zero-order chi connectivity index (χ0) is 24.0. The van der Waals surface area contributed by atoms with Gasteiger partial charge in [0.25, 0.3) is 0 Å². The molecule has 0 saturated carbocycles. The highest BCUT2D eigenvalue weighted by molar-refractivity contribution is 7.80. The largest absolute Gasteiger partial charge is 0.351 e. The van der Waals surface area contributed by atoms with Gasteiger partial charge in [0.05, 0.1) is 17.8 Å². The molecule has 4 nitrogen and oxygen atoms in total. The number of hydrogen-bond donors (Lipinski definition) is 1. The lowest BCUT2D eigenvalue weighted by Gasteiger charge is -2.28. The van der Waals surface area contributed by atoms with Crippen molar-refractivity contribution in [3.63, 3.8) is 0 Å². The van der Waals surface area contributed by atoms with Crippen LogP contribution < -0.4 is 10.2 Å². The second-order valence-electron chi connectivity index (χ2n) is 8.57. The van der Waals surface area contributed by atoms with Gasteiger partial charge in [0.1, 0.15) is 0 Å². The van der Waals surface area contributed by atoms with E-state index in [0.29, 0.717) is 15.2 Å². The molecule has 0 aliphatic carbocycles. The number of anilines is 1. The number of thiocarbonyl (C=S) groups is 1. The number of pyridine rings is 1. The first kappa shape index (κ1) is 22.9. The van der Waals surface area contributed by atoms with Crippen LogP contribution in [0.4, 0.5) is 5.69 Å². The molecule has 1 N–H and O–H groups in total. The molecule has 34 heavy (non-hydrogen) atoms. The van der Waals surface area contributed by atoms with Crippen LogP contribution in [-0.4, -0.2) is 14.7 Å². The van der Waals surface area contributed by atoms with Gasteiger partial charge in [-0.2, -0.15) is 0 Å². The minimum atomic E-state index is -0.112. The fourth-order valence-corrected chi connectivity index (χ4v) is 5.47. The molecule has 0 spiro atoms. The average molecular weight is 507 g/mol. The first-order chi connectivity index (χ1) is 16.3. The smallest absolute Gasteiger partial charge is 0.174 e. The Bertz CT molecular complexity index is 1370. The molecule has 1 aliphatic heterocycles. The third-order valence-electron chi connectivity index (χ3n) is 6.40. The minimum Gasteiger partial charge on any atom is -0.351 e. The van der Waals surface area contributed by atoms with Gasteiger partial charge in [0.2, 0.25) is 0 Å². The summed E-state index contributed by atoms with van der Waals surface area (Å²) in [6.45, 7) is 6.38. The molecule has 172 valence electrons. The van der Waals surface area contributed by atoms with Crippen LogP contribution >= 0.6 is 35.4 Å². The Morgan fingerprint density at radius 3 is 2.35 bits per heavy atom. The highest BCUT2D eigenvalue weighted by Crippen LogP contribution is 2.44. The number of hydrogen-bond acceptors (Lipinski definition) is 2. The molecule has 3 heterocycles. The summed E-state index contributed by atoms with van der Waals surface area (Å²) in [7, 11) is 0. The van der Waals surface area contributed by atoms with Gasteiger partial charge in [0, 0.05) is 39.0 Å². The maximum atomic E-state index is 6.38. The molecule has 1 aliphatic rings. The maximum absolute atomic E-state index is 6.38. The van der Waals surface area contributed by atoms with Gasteiger partial charge in [-0.15, -0.1) is 0 Å². The second kappa shape index (κ2) is 9.06. The maximum Gasteiger partial charge on any atom is 0.174 e. The van der Waals surface area contributed by atoms with Crippen LogP contribution in [0.5, 0.6) is 0 Å². The van der Waals surface area contributed by atoms with Gasteiger partial charge in [0.15, 0.2) is 5.11 Å². The zero-order valence-corrected chi connectivity index (χ0v) is 21.4. The molecule has 1 saturated heterocycles. The third kappa shape index (κ3) is 3.98. The molecule has 1 fully saturated rings. The lowest BCUT2D eigenvalue weighted by Crippen LogP contribution is -2.29. The summed E-state index contributed by atoms with van der Waals surface area (Å²) in [5.41, 5.74) is 7.60. The Hall–Kier alpha value is -2.86. The van der Waals surface area contributed by atoms with Crippen molar-refractivity contribution >= 4 is 46.2 Å². The van der Waals surface area contributed by atoms with Crippen LogP contribution in [0.15, 0.2) is 72.9 Å². The predicted molar refractivity (Wildman–Crippen MR) is 144 cm³/mol. The summed E-state index contributed by atoms with van der Waals surface area (Å²) in [5.74, 6) is 0. The fourth-order valence-electron chi connectivity index (χ4n) is 4.83. The van der Waals surface area contributed by atoms with Gasteiger partial charge < -0.3 is 14.8 Å². The molecule has 0 radical (unpaired) electrons. The number of aromatic nitrogens is 2. The van der Waals surface area contributed by atoms with Gasteiger partial charge in [-0.25, -0.2) is 0 Å². The van der Waals surface area contributed by atoms with Crippen molar-refractivity contribution in [3.8, 4) is 5.69 Å². The molecular weight excluding hydrogens is 483 g/mol. The van der Waals surface area contributed by atoms with E-state index in [0.717, 1.165) is 34.0 Å². The van der Waals surface area contributed by atoms with Crippen LogP contribution in [0, 0.1) is 20.8 Å². The van der Waals surface area contributed by atoms with E-state index >= 15 is 0 Å². The average Bonchev–Trinajstić information content (AvgIpc) is 3.32. The Morgan fingerprint density at radius 2 is 1.65 bits per heavy atom. The highest BCUT2D eigenvalue weighted by atomic mass is 35.5. The summed E-state index contributed by atoms with van der Waals surface area (Å²) >= 11 is 18.4. The van der Waals surface area contributed by atoms with E-state index in [9.17, 15) is 0 Å². The van der Waals surface area contributed by atoms with Crippen LogP contribution in [-0.2, 0) is 0 Å². The Kier molecular flexibility index (Phi) is 6.11. The number of benzene rings is 2. The first-order valence-electron chi connectivity index (χ1n) is 11.1. The van der Waals surface area contributed by atoms with Crippen molar-refractivity contribution in [1.29, 1.82) is 0 Å². The molecule has 4 aromatic rings.